The summed E-state index contributed by atoms with van der Waals surface area (Å²) in [4.78, 5) is 30.6. The molecule has 1 heterocycles. The number of hydrogen-bond acceptors (Lipinski definition) is 4. The Labute approximate surface area is 184 Å². The first-order valence-corrected chi connectivity index (χ1v) is 10.6. The van der Waals surface area contributed by atoms with Gasteiger partial charge in [-0.25, -0.2) is 9.59 Å². The number of para-hydroxylation sites is 2. The Balaban J connectivity index is 1.58. The lowest BCUT2D eigenvalue weighted by atomic mass is 10.2. The average molecular weight is 425 g/mol. The van der Waals surface area contributed by atoms with E-state index >= 15 is 0 Å². The topological polar surface area (TPSA) is 65.1 Å². The monoisotopic (exact) mass is 424 g/mol. The minimum absolute atomic E-state index is 0.163. The van der Waals surface area contributed by atoms with Gasteiger partial charge in [0.15, 0.2) is 0 Å². The van der Waals surface area contributed by atoms with Crippen molar-refractivity contribution in [2.45, 2.75) is 32.9 Å². The van der Waals surface area contributed by atoms with Gasteiger partial charge in [-0.2, -0.15) is 0 Å². The summed E-state index contributed by atoms with van der Waals surface area (Å²) >= 11 is 0. The van der Waals surface area contributed by atoms with Gasteiger partial charge in [-0.05, 0) is 38.5 Å². The molecule has 0 saturated carbocycles. The maximum absolute atomic E-state index is 12.9. The lowest BCUT2D eigenvalue weighted by Gasteiger charge is -2.35. The number of piperazine rings is 1. The van der Waals surface area contributed by atoms with Crippen LogP contribution in [0.3, 0.4) is 0 Å². The molecule has 3 rings (SSSR count). The van der Waals surface area contributed by atoms with E-state index in [9.17, 15) is 9.59 Å². The van der Waals surface area contributed by atoms with E-state index in [2.05, 4.69) is 22.3 Å². The fourth-order valence-electron chi connectivity index (χ4n) is 3.47. The van der Waals surface area contributed by atoms with E-state index in [1.165, 1.54) is 5.56 Å². The lowest BCUT2D eigenvalue weighted by molar-refractivity contribution is 0.0174. The molecule has 1 saturated heterocycles. The molecular weight excluding hydrogens is 392 g/mol. The third-order valence-corrected chi connectivity index (χ3v) is 5.04. The largest absolute Gasteiger partial charge is 0.444 e. The number of anilines is 2. The minimum atomic E-state index is -0.527. The summed E-state index contributed by atoms with van der Waals surface area (Å²) < 4.78 is 5.42. The van der Waals surface area contributed by atoms with Gasteiger partial charge in [0.2, 0.25) is 0 Å². The van der Waals surface area contributed by atoms with Crippen LogP contribution < -0.4 is 10.2 Å². The average Bonchev–Trinajstić information content (AvgIpc) is 2.73. The highest BCUT2D eigenvalue weighted by atomic mass is 16.6. The summed E-state index contributed by atoms with van der Waals surface area (Å²) in [5.41, 5.74) is 2.39. The Hall–Kier alpha value is -3.22. The molecule has 0 aromatic heterocycles. The smallest absolute Gasteiger partial charge is 0.410 e. The summed E-state index contributed by atoms with van der Waals surface area (Å²) in [5.74, 6) is 0. The van der Waals surface area contributed by atoms with E-state index < -0.39 is 5.60 Å². The van der Waals surface area contributed by atoms with Crippen LogP contribution in [0.1, 0.15) is 26.3 Å². The van der Waals surface area contributed by atoms with Crippen molar-refractivity contribution in [3.63, 3.8) is 0 Å². The van der Waals surface area contributed by atoms with E-state index in [4.69, 9.17) is 4.74 Å². The number of nitrogens with zero attached hydrogens (tertiary/aromatic N) is 3. The number of hydrogen-bond donors (Lipinski definition) is 1. The third kappa shape index (κ3) is 6.38. The van der Waals surface area contributed by atoms with Crippen molar-refractivity contribution >= 4 is 23.5 Å². The number of carbonyl (C=O) groups is 2. The molecule has 0 unspecified atom stereocenters. The van der Waals surface area contributed by atoms with Crippen molar-refractivity contribution in [1.82, 2.24) is 9.80 Å². The molecule has 7 heteroatoms. The number of rotatable bonds is 4. The van der Waals surface area contributed by atoms with Crippen LogP contribution >= 0.6 is 0 Å². The number of ether oxygens (including phenoxy) is 1. The van der Waals surface area contributed by atoms with Crippen molar-refractivity contribution in [1.29, 1.82) is 0 Å². The van der Waals surface area contributed by atoms with E-state index in [1.54, 1.807) is 9.80 Å². The second kappa shape index (κ2) is 9.73. The summed E-state index contributed by atoms with van der Waals surface area (Å²) in [7, 11) is 2.01. The molecule has 2 aromatic rings. The molecule has 1 fully saturated rings. The van der Waals surface area contributed by atoms with Crippen LogP contribution in [0.25, 0.3) is 0 Å². The van der Waals surface area contributed by atoms with Crippen LogP contribution in [0.5, 0.6) is 0 Å². The van der Waals surface area contributed by atoms with E-state index in [0.717, 1.165) is 17.9 Å². The fraction of sp³-hybridized carbons (Fsp3) is 0.417. The van der Waals surface area contributed by atoms with Crippen LogP contribution in [0.15, 0.2) is 54.6 Å². The SMILES string of the molecule is CN(Cc1ccccc1)c1ccccc1NC(=O)N1CCN(C(=O)OC(C)(C)C)CC1. The normalized spacial score (nSPS) is 14.2. The van der Waals surface area contributed by atoms with Crippen LogP contribution in [0.2, 0.25) is 0 Å². The molecule has 1 N–H and O–H groups in total. The standard InChI is InChI=1S/C24H32N4O3/c1-24(2,3)31-23(30)28-16-14-27(15-17-28)22(29)25-20-12-8-9-13-21(20)26(4)18-19-10-6-5-7-11-19/h5-13H,14-18H2,1-4H3,(H,25,29). The van der Waals surface area contributed by atoms with Crippen molar-refractivity contribution in [3.05, 3.63) is 60.2 Å². The molecule has 0 aliphatic carbocycles. The molecule has 7 nitrogen and oxygen atoms in total. The zero-order valence-electron chi connectivity index (χ0n) is 18.8. The van der Waals surface area contributed by atoms with Crippen LogP contribution in [0.4, 0.5) is 21.0 Å². The van der Waals surface area contributed by atoms with E-state index in [0.29, 0.717) is 26.2 Å². The lowest BCUT2D eigenvalue weighted by Crippen LogP contribution is -2.52. The van der Waals surface area contributed by atoms with Crippen LogP contribution in [0, 0.1) is 0 Å². The molecule has 166 valence electrons. The van der Waals surface area contributed by atoms with Gasteiger partial charge in [-0.1, -0.05) is 42.5 Å². The molecule has 2 aromatic carbocycles. The van der Waals surface area contributed by atoms with Crippen molar-refractivity contribution in [2.75, 3.05) is 43.4 Å². The second-order valence-electron chi connectivity index (χ2n) is 8.74. The summed E-state index contributed by atoms with van der Waals surface area (Å²) in [6.07, 6.45) is -0.333. The highest BCUT2D eigenvalue weighted by Crippen LogP contribution is 2.26. The Kier molecular flexibility index (Phi) is 7.05. The van der Waals surface area contributed by atoms with Gasteiger partial charge in [0.25, 0.3) is 0 Å². The highest BCUT2D eigenvalue weighted by Gasteiger charge is 2.28. The Morgan fingerprint density at radius 3 is 2.16 bits per heavy atom. The maximum Gasteiger partial charge on any atom is 0.410 e. The molecule has 1 aliphatic rings. The molecule has 0 atom stereocenters. The van der Waals surface area contributed by atoms with Gasteiger partial charge in [-0.15, -0.1) is 0 Å². The maximum atomic E-state index is 12.9. The molecule has 0 radical (unpaired) electrons. The van der Waals surface area contributed by atoms with Crippen molar-refractivity contribution < 1.29 is 14.3 Å². The predicted molar refractivity (Wildman–Crippen MR) is 123 cm³/mol. The fourth-order valence-corrected chi connectivity index (χ4v) is 3.47. The number of urea groups is 1. The van der Waals surface area contributed by atoms with Gasteiger partial charge in [-0.3, -0.25) is 0 Å². The van der Waals surface area contributed by atoms with Gasteiger partial charge in [0.05, 0.1) is 11.4 Å². The summed E-state index contributed by atoms with van der Waals surface area (Å²) in [5, 5.41) is 3.04. The summed E-state index contributed by atoms with van der Waals surface area (Å²) in [6.45, 7) is 8.13. The van der Waals surface area contributed by atoms with Crippen molar-refractivity contribution in [3.8, 4) is 0 Å². The molecular formula is C24H32N4O3. The quantitative estimate of drug-likeness (QED) is 0.790. The van der Waals surface area contributed by atoms with Gasteiger partial charge in [0.1, 0.15) is 5.60 Å². The number of amides is 3. The molecule has 3 amide bonds. The summed E-state index contributed by atoms with van der Waals surface area (Å²) in [6, 6.07) is 17.8. The van der Waals surface area contributed by atoms with E-state index in [1.807, 2.05) is 70.3 Å². The first kappa shape index (κ1) is 22.5. The molecule has 0 bridgehead atoms. The number of carbonyl (C=O) groups excluding carboxylic acids is 2. The van der Waals surface area contributed by atoms with Gasteiger partial charge < -0.3 is 24.8 Å². The van der Waals surface area contributed by atoms with Gasteiger partial charge >= 0.3 is 12.1 Å². The molecule has 0 spiro atoms. The van der Waals surface area contributed by atoms with Crippen LogP contribution in [-0.2, 0) is 11.3 Å². The van der Waals surface area contributed by atoms with E-state index in [-0.39, 0.29) is 12.1 Å². The zero-order chi connectivity index (χ0) is 22.4. The first-order chi connectivity index (χ1) is 14.7. The van der Waals surface area contributed by atoms with Crippen molar-refractivity contribution in [2.24, 2.45) is 0 Å². The number of nitrogens with one attached hydrogen (secondary N) is 1. The Bertz CT molecular complexity index is 887. The third-order valence-electron chi connectivity index (χ3n) is 5.04. The predicted octanol–water partition coefficient (Wildman–Crippen LogP) is 4.41. The minimum Gasteiger partial charge on any atom is -0.444 e. The Morgan fingerprint density at radius 2 is 1.52 bits per heavy atom. The number of benzene rings is 2. The second-order valence-corrected chi connectivity index (χ2v) is 8.74. The zero-order valence-corrected chi connectivity index (χ0v) is 18.8. The van der Waals surface area contributed by atoms with Crippen LogP contribution in [-0.4, -0.2) is 60.8 Å². The highest BCUT2D eigenvalue weighted by molar-refractivity contribution is 5.93. The first-order valence-electron chi connectivity index (χ1n) is 10.6. The molecule has 1 aliphatic heterocycles. The van der Waals surface area contributed by atoms with Gasteiger partial charge in [0, 0.05) is 39.8 Å². The molecule has 31 heavy (non-hydrogen) atoms. The Morgan fingerprint density at radius 1 is 0.935 bits per heavy atom.